The van der Waals surface area contributed by atoms with Gasteiger partial charge >= 0.3 is 41.8 Å². The van der Waals surface area contributed by atoms with Crippen LogP contribution in [0.3, 0.4) is 0 Å². The van der Waals surface area contributed by atoms with Gasteiger partial charge in [0.25, 0.3) is 3.79 Å². The Kier molecular flexibility index (Phi) is 15.9. The molecule has 19 nitrogen and oxygen atoms in total. The van der Waals surface area contributed by atoms with Crippen molar-refractivity contribution in [2.24, 2.45) is 0 Å². The summed E-state index contributed by atoms with van der Waals surface area (Å²) in [5.74, 6) is -7.37. The molecule has 2 saturated heterocycles. The minimum Gasteiger partial charge on any atom is -0.463 e. The zero-order valence-corrected chi connectivity index (χ0v) is 29.9. The van der Waals surface area contributed by atoms with E-state index in [1.807, 2.05) is 0 Å². The third-order valence-electron chi connectivity index (χ3n) is 6.38. The maximum atomic E-state index is 12.4. The largest absolute Gasteiger partial charge is 0.463 e. The number of alkyl halides is 3. The molecule has 0 radical (unpaired) electrons. The molecule has 0 spiro atoms. The van der Waals surface area contributed by atoms with E-state index in [1.54, 1.807) is 0 Å². The Morgan fingerprint density at radius 3 is 1.24 bits per heavy atom. The first kappa shape index (κ1) is 42.7. The maximum Gasteiger partial charge on any atom is 0.303 e. The van der Waals surface area contributed by atoms with Crippen molar-refractivity contribution >= 4 is 82.5 Å². The van der Waals surface area contributed by atoms with Crippen LogP contribution in [0.5, 0.6) is 0 Å². The first-order valence-corrected chi connectivity index (χ1v) is 15.7. The number of ether oxygens (including phenoxy) is 11. The van der Waals surface area contributed by atoms with E-state index in [9.17, 15) is 33.6 Å². The van der Waals surface area contributed by atoms with Crippen molar-refractivity contribution in [3.8, 4) is 0 Å². The van der Waals surface area contributed by atoms with Crippen LogP contribution >= 0.6 is 34.8 Å². The highest BCUT2D eigenvalue weighted by Crippen LogP contribution is 2.37. The smallest absolute Gasteiger partial charge is 0.303 e. The van der Waals surface area contributed by atoms with Crippen molar-refractivity contribution in [3.63, 3.8) is 0 Å². The number of carbonyl (C=O) groups is 7. The van der Waals surface area contributed by atoms with Crippen LogP contribution in [0, 0.1) is 5.41 Å². The Morgan fingerprint density at radius 2 is 0.840 bits per heavy atom. The zero-order chi connectivity index (χ0) is 38.1. The first-order valence-electron chi connectivity index (χ1n) is 14.5. The van der Waals surface area contributed by atoms with Gasteiger partial charge in [-0.05, 0) is 0 Å². The highest BCUT2D eigenvalue weighted by molar-refractivity contribution is 6.76. The van der Waals surface area contributed by atoms with Crippen LogP contribution in [0.25, 0.3) is 0 Å². The van der Waals surface area contributed by atoms with Crippen molar-refractivity contribution in [2.45, 2.75) is 114 Å². The zero-order valence-electron chi connectivity index (χ0n) is 27.7. The Morgan fingerprint density at radius 1 is 0.500 bits per heavy atom. The molecule has 10 atom stereocenters. The number of carbonyl (C=O) groups excluding carboxylic acids is 7. The predicted octanol–water partition coefficient (Wildman–Crippen LogP) is 0.970. The molecule has 2 fully saturated rings. The number of hydrogen-bond donors (Lipinski definition) is 1. The fourth-order valence-electron chi connectivity index (χ4n) is 4.75. The Labute approximate surface area is 300 Å². The van der Waals surface area contributed by atoms with Gasteiger partial charge in [0.15, 0.2) is 30.7 Å². The molecule has 22 heteroatoms. The van der Waals surface area contributed by atoms with Gasteiger partial charge in [-0.15, -0.1) is 0 Å². The van der Waals surface area contributed by atoms with Crippen molar-refractivity contribution in [1.82, 2.24) is 0 Å². The van der Waals surface area contributed by atoms with Crippen LogP contribution in [-0.4, -0.2) is 126 Å². The van der Waals surface area contributed by atoms with Gasteiger partial charge in [0.1, 0.15) is 31.5 Å². The number of halogens is 3. The van der Waals surface area contributed by atoms with E-state index >= 15 is 0 Å². The Balaban J connectivity index is 2.77. The summed E-state index contributed by atoms with van der Waals surface area (Å²) in [6.45, 7) is 5.79. The van der Waals surface area contributed by atoms with Gasteiger partial charge in [-0.3, -0.25) is 39.0 Å². The van der Waals surface area contributed by atoms with E-state index in [0.717, 1.165) is 48.5 Å². The minimum atomic E-state index is -2.45. The average molecular weight is 781 g/mol. The third-order valence-corrected chi connectivity index (χ3v) is 6.89. The van der Waals surface area contributed by atoms with Crippen LogP contribution < -0.4 is 0 Å². The third kappa shape index (κ3) is 13.0. The van der Waals surface area contributed by atoms with Gasteiger partial charge in [0, 0.05) is 48.5 Å². The first-order chi connectivity index (χ1) is 23.1. The lowest BCUT2D eigenvalue weighted by atomic mass is 9.96. The van der Waals surface area contributed by atoms with E-state index in [1.165, 1.54) is 0 Å². The molecular formula is C28H36Cl3NO18. The molecule has 0 saturated carbocycles. The van der Waals surface area contributed by atoms with Gasteiger partial charge in [-0.1, -0.05) is 34.8 Å². The Bertz CT molecular complexity index is 1310. The number of esters is 7. The SMILES string of the molecule is CC(=O)OCC1O[C@@H](O[C@@H]2C(COC(C)=O)O[C@@H](OC(=N)C(Cl)(Cl)Cl)C(OC(C)=O)[C@H]2OC(C)=O)C(OC(C)=O)[C@@H](OC(C)=O)[C@@H]1OC(C)=O. The summed E-state index contributed by atoms with van der Waals surface area (Å²) in [6.07, 6.45) is -17.0. The minimum absolute atomic E-state index is 0.617. The molecule has 0 aromatic carbocycles. The van der Waals surface area contributed by atoms with Crippen molar-refractivity contribution in [3.05, 3.63) is 0 Å². The number of nitrogens with one attached hydrogen (secondary N) is 1. The van der Waals surface area contributed by atoms with Gasteiger partial charge in [0.05, 0.1) is 0 Å². The van der Waals surface area contributed by atoms with Gasteiger partial charge in [0.2, 0.25) is 18.3 Å². The quantitative estimate of drug-likeness (QED) is 0.0953. The van der Waals surface area contributed by atoms with Gasteiger partial charge in [-0.2, -0.15) is 0 Å². The standard InChI is InChI=1S/C28H36Cl3NO18/c1-10(33)40-8-17-19(42-12(3)35)21(43-13(4)36)23(45-15(6)38)25(47-17)49-20-18(9-41-11(2)34)48-26(50-27(32)28(29,30)31)24(46-16(7)39)22(20)44-14(5)37/h17-26,32H,8-9H2,1-7H3/t17?,18?,19-,20-,21+,22+,23?,24?,25+,26+/m1/s1. The van der Waals surface area contributed by atoms with Crippen molar-refractivity contribution < 1.29 is 85.7 Å². The van der Waals surface area contributed by atoms with Crippen molar-refractivity contribution in [1.29, 1.82) is 5.41 Å². The van der Waals surface area contributed by atoms with Gasteiger partial charge in [-0.25, -0.2) is 0 Å². The second kappa shape index (κ2) is 18.7. The molecule has 0 amide bonds. The van der Waals surface area contributed by atoms with Crippen LogP contribution in [0.4, 0.5) is 0 Å². The molecule has 4 unspecified atom stereocenters. The van der Waals surface area contributed by atoms with Crippen molar-refractivity contribution in [2.75, 3.05) is 13.2 Å². The fraction of sp³-hybridized carbons (Fsp3) is 0.714. The second-order valence-electron chi connectivity index (χ2n) is 10.6. The lowest BCUT2D eigenvalue weighted by Crippen LogP contribution is -2.67. The van der Waals surface area contributed by atoms with Crippen LogP contribution in [0.15, 0.2) is 0 Å². The summed E-state index contributed by atoms with van der Waals surface area (Å²) >= 11 is 17.3. The normalized spacial score (nSPS) is 29.3. The average Bonchev–Trinajstić information content (AvgIpc) is 2.95. The highest BCUT2D eigenvalue weighted by Gasteiger charge is 2.58. The maximum absolute atomic E-state index is 12.4. The van der Waals surface area contributed by atoms with Crippen LogP contribution in [0.2, 0.25) is 0 Å². The summed E-state index contributed by atoms with van der Waals surface area (Å²) in [5, 5.41) is 8.03. The summed E-state index contributed by atoms with van der Waals surface area (Å²) in [5.41, 5.74) is 0. The lowest BCUT2D eigenvalue weighted by Gasteiger charge is -2.48. The van der Waals surface area contributed by atoms with E-state index in [4.69, 9.17) is 92.3 Å². The molecule has 0 aromatic heterocycles. The summed E-state index contributed by atoms with van der Waals surface area (Å²) in [7, 11) is 0. The molecule has 2 aliphatic rings. The predicted molar refractivity (Wildman–Crippen MR) is 162 cm³/mol. The molecule has 2 rings (SSSR count). The van der Waals surface area contributed by atoms with E-state index in [-0.39, 0.29) is 0 Å². The van der Waals surface area contributed by atoms with E-state index in [2.05, 4.69) is 0 Å². The number of rotatable bonds is 12. The molecule has 2 heterocycles. The summed E-state index contributed by atoms with van der Waals surface area (Å²) in [6, 6.07) is 0. The molecule has 2 aliphatic heterocycles. The fourth-order valence-corrected chi connectivity index (χ4v) is 4.88. The summed E-state index contributed by atoms with van der Waals surface area (Å²) < 4.78 is 58.1. The van der Waals surface area contributed by atoms with Crippen LogP contribution in [0.1, 0.15) is 48.5 Å². The second-order valence-corrected chi connectivity index (χ2v) is 12.9. The van der Waals surface area contributed by atoms with Gasteiger partial charge < -0.3 is 52.1 Å². The Hall–Kier alpha value is -3.49. The molecular weight excluding hydrogens is 745 g/mol. The monoisotopic (exact) mass is 779 g/mol. The molecule has 0 bridgehead atoms. The van der Waals surface area contributed by atoms with E-state index < -0.39 is 126 Å². The molecule has 0 aromatic rings. The van der Waals surface area contributed by atoms with Crippen LogP contribution in [-0.2, 0) is 85.7 Å². The molecule has 1 N–H and O–H groups in total. The van der Waals surface area contributed by atoms with E-state index in [0.29, 0.717) is 0 Å². The summed E-state index contributed by atoms with van der Waals surface area (Å²) in [4.78, 5) is 84.9. The molecule has 282 valence electrons. The highest BCUT2D eigenvalue weighted by atomic mass is 35.6. The molecule has 0 aliphatic carbocycles. The topological polar surface area (TPSA) is 245 Å². The lowest BCUT2D eigenvalue weighted by molar-refractivity contribution is -0.355. The molecule has 50 heavy (non-hydrogen) atoms. The number of hydrogen-bond acceptors (Lipinski definition) is 19.